The van der Waals surface area contributed by atoms with Crippen LogP contribution in [-0.4, -0.2) is 43.6 Å². The minimum absolute atomic E-state index is 0.0172. The summed E-state index contributed by atoms with van der Waals surface area (Å²) in [6.07, 6.45) is 1.98. The first-order valence-corrected chi connectivity index (χ1v) is 10.2. The minimum Gasteiger partial charge on any atom is -0.496 e. The van der Waals surface area contributed by atoms with Crippen LogP contribution < -0.4 is 9.64 Å². The Labute approximate surface area is 169 Å². The van der Waals surface area contributed by atoms with Crippen molar-refractivity contribution in [2.75, 3.05) is 31.6 Å². The molecule has 0 radical (unpaired) electrons. The number of aryl methyl sites for hydroxylation is 1. The van der Waals surface area contributed by atoms with Gasteiger partial charge < -0.3 is 14.5 Å². The molecule has 0 unspecified atom stereocenters. The van der Waals surface area contributed by atoms with Crippen LogP contribution in [0.15, 0.2) is 48.5 Å². The van der Waals surface area contributed by atoms with Gasteiger partial charge in [0.05, 0.1) is 12.7 Å². The number of methoxy groups -OCH3 is 1. The van der Waals surface area contributed by atoms with Crippen molar-refractivity contribution >= 4 is 11.6 Å². The van der Waals surface area contributed by atoms with Gasteiger partial charge in [0, 0.05) is 31.4 Å². The van der Waals surface area contributed by atoms with Gasteiger partial charge in [-0.2, -0.15) is 0 Å². The Morgan fingerprint density at radius 3 is 2.36 bits per heavy atom. The number of likely N-dealkylation sites (tertiary alicyclic amines) is 1. The number of benzene rings is 2. The van der Waals surface area contributed by atoms with Gasteiger partial charge in [-0.15, -0.1) is 0 Å². The molecule has 0 spiro atoms. The maximum atomic E-state index is 13.6. The molecule has 4 nitrogen and oxygen atoms in total. The number of piperidine rings is 1. The molecule has 4 heteroatoms. The number of para-hydroxylation sites is 1. The number of carbonyl (C=O) groups is 1. The molecule has 0 atom stereocenters. The second-order valence-electron chi connectivity index (χ2n) is 8.14. The highest BCUT2D eigenvalue weighted by molar-refractivity contribution is 6.08. The summed E-state index contributed by atoms with van der Waals surface area (Å²) in [6.45, 7) is 9.78. The van der Waals surface area contributed by atoms with Gasteiger partial charge in [0.15, 0.2) is 0 Å². The predicted molar refractivity (Wildman–Crippen MR) is 115 cm³/mol. The lowest BCUT2D eigenvalue weighted by Crippen LogP contribution is -2.48. The molecule has 1 aliphatic rings. The van der Waals surface area contributed by atoms with Crippen LogP contribution in [0, 0.1) is 12.8 Å². The third-order valence-corrected chi connectivity index (χ3v) is 5.41. The molecule has 1 aliphatic heterocycles. The van der Waals surface area contributed by atoms with E-state index in [0.717, 1.165) is 38.2 Å². The number of amides is 1. The van der Waals surface area contributed by atoms with Crippen molar-refractivity contribution in [1.29, 1.82) is 0 Å². The Kier molecular flexibility index (Phi) is 6.74. The van der Waals surface area contributed by atoms with E-state index in [0.29, 0.717) is 17.2 Å². The SMILES string of the molecule is COc1ccccc1C(=O)N(c1ccc(C)cc1)C1CCN(CC(C)C)CC1. The number of nitrogens with zero attached hydrogens (tertiary/aromatic N) is 2. The molecular weight excluding hydrogens is 348 g/mol. The molecule has 1 saturated heterocycles. The first kappa shape index (κ1) is 20.4. The molecule has 0 aromatic heterocycles. The number of rotatable bonds is 6. The third kappa shape index (κ3) is 4.74. The van der Waals surface area contributed by atoms with Gasteiger partial charge in [-0.25, -0.2) is 0 Å². The van der Waals surface area contributed by atoms with Gasteiger partial charge in [-0.3, -0.25) is 4.79 Å². The summed E-state index contributed by atoms with van der Waals surface area (Å²) in [7, 11) is 1.62. The Morgan fingerprint density at radius 1 is 1.11 bits per heavy atom. The average Bonchev–Trinajstić information content (AvgIpc) is 2.70. The molecule has 0 aliphatic carbocycles. The largest absolute Gasteiger partial charge is 0.496 e. The second-order valence-corrected chi connectivity index (χ2v) is 8.14. The van der Waals surface area contributed by atoms with Gasteiger partial charge in [-0.1, -0.05) is 43.7 Å². The summed E-state index contributed by atoms with van der Waals surface area (Å²) in [4.78, 5) is 18.1. The maximum Gasteiger partial charge on any atom is 0.262 e. The second kappa shape index (κ2) is 9.24. The molecule has 3 rings (SSSR count). The van der Waals surface area contributed by atoms with E-state index in [2.05, 4.69) is 49.9 Å². The predicted octanol–water partition coefficient (Wildman–Crippen LogP) is 4.77. The van der Waals surface area contributed by atoms with E-state index in [1.165, 1.54) is 5.56 Å². The van der Waals surface area contributed by atoms with Crippen molar-refractivity contribution in [3.63, 3.8) is 0 Å². The topological polar surface area (TPSA) is 32.8 Å². The monoisotopic (exact) mass is 380 g/mol. The van der Waals surface area contributed by atoms with Crippen LogP contribution in [0.4, 0.5) is 5.69 Å². The molecule has 1 amide bonds. The van der Waals surface area contributed by atoms with Crippen LogP contribution in [0.25, 0.3) is 0 Å². The Morgan fingerprint density at radius 2 is 1.75 bits per heavy atom. The Hall–Kier alpha value is -2.33. The molecule has 0 saturated carbocycles. The Balaban J connectivity index is 1.88. The zero-order valence-electron chi connectivity index (χ0n) is 17.5. The summed E-state index contributed by atoms with van der Waals surface area (Å²) in [5.41, 5.74) is 2.78. The fourth-order valence-electron chi connectivity index (χ4n) is 4.03. The number of ether oxygens (including phenoxy) is 1. The standard InChI is InChI=1S/C24H32N2O2/c1-18(2)17-25-15-13-21(14-16-25)26(20-11-9-19(3)10-12-20)24(27)22-7-5-6-8-23(22)28-4/h5-12,18,21H,13-17H2,1-4H3. The van der Waals surface area contributed by atoms with Crippen molar-refractivity contribution in [1.82, 2.24) is 4.90 Å². The third-order valence-electron chi connectivity index (χ3n) is 5.41. The lowest BCUT2D eigenvalue weighted by molar-refractivity contribution is 0.0954. The fourth-order valence-corrected chi connectivity index (χ4v) is 4.03. The quantitative estimate of drug-likeness (QED) is 0.724. The maximum absolute atomic E-state index is 13.6. The average molecular weight is 381 g/mol. The lowest BCUT2D eigenvalue weighted by atomic mass is 9.99. The van der Waals surface area contributed by atoms with Crippen LogP contribution in [0.2, 0.25) is 0 Å². The summed E-state index contributed by atoms with van der Waals surface area (Å²) in [5.74, 6) is 1.31. The number of hydrogen-bond donors (Lipinski definition) is 0. The van der Waals surface area contributed by atoms with E-state index in [1.807, 2.05) is 29.2 Å². The van der Waals surface area contributed by atoms with Crippen LogP contribution in [0.1, 0.15) is 42.6 Å². The normalized spacial score (nSPS) is 15.6. The molecule has 2 aromatic rings. The van der Waals surface area contributed by atoms with Crippen LogP contribution in [0.3, 0.4) is 0 Å². The van der Waals surface area contributed by atoms with E-state index < -0.39 is 0 Å². The molecule has 2 aromatic carbocycles. The van der Waals surface area contributed by atoms with Gasteiger partial charge in [-0.05, 0) is 49.9 Å². The number of carbonyl (C=O) groups excluding carboxylic acids is 1. The molecule has 1 fully saturated rings. The molecular formula is C24H32N2O2. The highest BCUT2D eigenvalue weighted by Gasteiger charge is 2.31. The van der Waals surface area contributed by atoms with E-state index in [9.17, 15) is 4.79 Å². The van der Waals surface area contributed by atoms with Crippen LogP contribution >= 0.6 is 0 Å². The zero-order chi connectivity index (χ0) is 20.1. The van der Waals surface area contributed by atoms with Crippen LogP contribution in [-0.2, 0) is 0 Å². The highest BCUT2D eigenvalue weighted by atomic mass is 16.5. The Bertz CT molecular complexity index is 777. The molecule has 150 valence electrons. The fraction of sp³-hybridized carbons (Fsp3) is 0.458. The molecule has 0 bridgehead atoms. The summed E-state index contributed by atoms with van der Waals surface area (Å²) >= 11 is 0. The first-order valence-electron chi connectivity index (χ1n) is 10.2. The molecule has 0 N–H and O–H groups in total. The first-order chi connectivity index (χ1) is 13.5. The van der Waals surface area contributed by atoms with E-state index >= 15 is 0 Å². The van der Waals surface area contributed by atoms with E-state index in [1.54, 1.807) is 7.11 Å². The summed E-state index contributed by atoms with van der Waals surface area (Å²) < 4.78 is 5.46. The van der Waals surface area contributed by atoms with Gasteiger partial charge >= 0.3 is 0 Å². The zero-order valence-corrected chi connectivity index (χ0v) is 17.5. The van der Waals surface area contributed by atoms with Crippen molar-refractivity contribution in [3.8, 4) is 5.75 Å². The van der Waals surface area contributed by atoms with Crippen molar-refractivity contribution in [2.45, 2.75) is 39.7 Å². The summed E-state index contributed by atoms with van der Waals surface area (Å²) in [5, 5.41) is 0. The smallest absolute Gasteiger partial charge is 0.262 e. The molecule has 28 heavy (non-hydrogen) atoms. The summed E-state index contributed by atoms with van der Waals surface area (Å²) in [6, 6.07) is 16.0. The highest BCUT2D eigenvalue weighted by Crippen LogP contribution is 2.29. The van der Waals surface area contributed by atoms with Crippen LogP contribution in [0.5, 0.6) is 5.75 Å². The van der Waals surface area contributed by atoms with Crippen molar-refractivity contribution in [3.05, 3.63) is 59.7 Å². The van der Waals surface area contributed by atoms with Crippen molar-refractivity contribution in [2.24, 2.45) is 5.92 Å². The van der Waals surface area contributed by atoms with Gasteiger partial charge in [0.1, 0.15) is 5.75 Å². The molecule has 1 heterocycles. The minimum atomic E-state index is 0.0172. The lowest BCUT2D eigenvalue weighted by Gasteiger charge is -2.39. The van der Waals surface area contributed by atoms with Crippen molar-refractivity contribution < 1.29 is 9.53 Å². The van der Waals surface area contributed by atoms with E-state index in [-0.39, 0.29) is 11.9 Å². The van der Waals surface area contributed by atoms with Gasteiger partial charge in [0.2, 0.25) is 0 Å². The number of anilines is 1. The number of hydrogen-bond acceptors (Lipinski definition) is 3. The van der Waals surface area contributed by atoms with E-state index in [4.69, 9.17) is 4.74 Å². The van der Waals surface area contributed by atoms with Gasteiger partial charge in [0.25, 0.3) is 5.91 Å².